The second-order valence-electron chi connectivity index (χ2n) is 6.50. The Bertz CT molecular complexity index is 715. The number of hydrogen-bond acceptors (Lipinski definition) is 4. The first-order valence-electron chi connectivity index (χ1n) is 8.67. The SMILES string of the molecule is Cc1ccc(F)c(C(=O)N(Cc2cncnc2)C2CCCNCC2)c1. The topological polar surface area (TPSA) is 58.1 Å². The first-order valence-corrected chi connectivity index (χ1v) is 8.67. The van der Waals surface area contributed by atoms with Gasteiger partial charge in [-0.05, 0) is 51.4 Å². The quantitative estimate of drug-likeness (QED) is 0.928. The number of amides is 1. The molecular formula is C19H23FN4O. The predicted molar refractivity (Wildman–Crippen MR) is 93.6 cm³/mol. The van der Waals surface area contributed by atoms with Crippen molar-refractivity contribution in [1.82, 2.24) is 20.2 Å². The van der Waals surface area contributed by atoms with Crippen molar-refractivity contribution >= 4 is 5.91 Å². The van der Waals surface area contributed by atoms with Gasteiger partial charge in [-0.15, -0.1) is 0 Å². The fourth-order valence-corrected chi connectivity index (χ4v) is 3.25. The molecule has 2 heterocycles. The molecule has 132 valence electrons. The lowest BCUT2D eigenvalue weighted by atomic mass is 10.0. The molecule has 1 saturated heterocycles. The Morgan fingerprint density at radius 2 is 2.08 bits per heavy atom. The second-order valence-corrected chi connectivity index (χ2v) is 6.50. The van der Waals surface area contributed by atoms with Crippen LogP contribution in [0.25, 0.3) is 0 Å². The van der Waals surface area contributed by atoms with Crippen molar-refractivity contribution in [2.24, 2.45) is 0 Å². The molecule has 1 aliphatic heterocycles. The number of carbonyl (C=O) groups excluding carboxylic acids is 1. The number of hydrogen-bond donors (Lipinski definition) is 1. The van der Waals surface area contributed by atoms with Crippen LogP contribution in [0, 0.1) is 12.7 Å². The van der Waals surface area contributed by atoms with Crippen LogP contribution in [0.3, 0.4) is 0 Å². The molecule has 0 bridgehead atoms. The van der Waals surface area contributed by atoms with E-state index in [1.54, 1.807) is 29.4 Å². The fraction of sp³-hybridized carbons (Fsp3) is 0.421. The van der Waals surface area contributed by atoms with E-state index in [-0.39, 0.29) is 17.5 Å². The van der Waals surface area contributed by atoms with Gasteiger partial charge in [0.25, 0.3) is 5.91 Å². The monoisotopic (exact) mass is 342 g/mol. The van der Waals surface area contributed by atoms with Crippen molar-refractivity contribution in [1.29, 1.82) is 0 Å². The maximum absolute atomic E-state index is 14.3. The summed E-state index contributed by atoms with van der Waals surface area (Å²) in [6.07, 6.45) is 7.62. The van der Waals surface area contributed by atoms with Gasteiger partial charge in [-0.3, -0.25) is 4.79 Å². The van der Waals surface area contributed by atoms with Gasteiger partial charge >= 0.3 is 0 Å². The highest BCUT2D eigenvalue weighted by Gasteiger charge is 2.27. The van der Waals surface area contributed by atoms with Crippen LogP contribution in [0.5, 0.6) is 0 Å². The van der Waals surface area contributed by atoms with Crippen LogP contribution in [-0.4, -0.2) is 39.9 Å². The molecule has 1 amide bonds. The lowest BCUT2D eigenvalue weighted by Gasteiger charge is -2.31. The first-order chi connectivity index (χ1) is 12.1. The number of nitrogens with one attached hydrogen (secondary N) is 1. The summed E-state index contributed by atoms with van der Waals surface area (Å²) < 4.78 is 14.3. The van der Waals surface area contributed by atoms with Crippen LogP contribution < -0.4 is 5.32 Å². The van der Waals surface area contributed by atoms with Crippen LogP contribution in [0.4, 0.5) is 4.39 Å². The van der Waals surface area contributed by atoms with Crippen LogP contribution in [-0.2, 0) is 6.54 Å². The summed E-state index contributed by atoms with van der Waals surface area (Å²) in [4.78, 5) is 23.0. The summed E-state index contributed by atoms with van der Waals surface area (Å²) in [5.41, 5.74) is 1.85. The van der Waals surface area contributed by atoms with Crippen molar-refractivity contribution in [3.05, 3.63) is 59.4 Å². The number of rotatable bonds is 4. The van der Waals surface area contributed by atoms with Gasteiger partial charge in [0.2, 0.25) is 0 Å². The van der Waals surface area contributed by atoms with Crippen LogP contribution in [0.1, 0.15) is 40.7 Å². The molecule has 0 radical (unpaired) electrons. The van der Waals surface area contributed by atoms with E-state index in [9.17, 15) is 9.18 Å². The summed E-state index contributed by atoms with van der Waals surface area (Å²) in [5, 5.41) is 3.36. The van der Waals surface area contributed by atoms with E-state index in [2.05, 4.69) is 15.3 Å². The minimum absolute atomic E-state index is 0.0719. The molecule has 3 rings (SSSR count). The number of nitrogens with zero attached hydrogens (tertiary/aromatic N) is 3. The van der Waals surface area contributed by atoms with Crippen LogP contribution in [0.2, 0.25) is 0 Å². The van der Waals surface area contributed by atoms with Gasteiger partial charge in [-0.2, -0.15) is 0 Å². The molecule has 2 aromatic rings. The Morgan fingerprint density at radius 3 is 2.88 bits per heavy atom. The Labute approximate surface area is 147 Å². The van der Waals surface area contributed by atoms with E-state index in [0.29, 0.717) is 6.54 Å². The Kier molecular flexibility index (Phi) is 5.71. The number of aryl methyl sites for hydroxylation is 1. The van der Waals surface area contributed by atoms with Gasteiger partial charge in [-0.25, -0.2) is 14.4 Å². The van der Waals surface area contributed by atoms with Crippen LogP contribution in [0.15, 0.2) is 36.9 Å². The lowest BCUT2D eigenvalue weighted by Crippen LogP contribution is -2.40. The third-order valence-electron chi connectivity index (χ3n) is 4.57. The average molecular weight is 342 g/mol. The molecule has 1 N–H and O–H groups in total. The highest BCUT2D eigenvalue weighted by Crippen LogP contribution is 2.21. The lowest BCUT2D eigenvalue weighted by molar-refractivity contribution is 0.0640. The van der Waals surface area contributed by atoms with E-state index in [4.69, 9.17) is 0 Å². The smallest absolute Gasteiger partial charge is 0.257 e. The molecular weight excluding hydrogens is 319 g/mol. The molecule has 1 fully saturated rings. The summed E-state index contributed by atoms with van der Waals surface area (Å²) in [7, 11) is 0. The van der Waals surface area contributed by atoms with E-state index in [0.717, 1.165) is 43.5 Å². The summed E-state index contributed by atoms with van der Waals surface area (Å²) >= 11 is 0. The molecule has 6 heteroatoms. The van der Waals surface area contributed by atoms with Crippen molar-refractivity contribution < 1.29 is 9.18 Å². The number of carbonyl (C=O) groups is 1. The molecule has 25 heavy (non-hydrogen) atoms. The Morgan fingerprint density at radius 1 is 1.28 bits per heavy atom. The normalized spacial score (nSPS) is 17.8. The third kappa shape index (κ3) is 4.39. The van der Waals surface area contributed by atoms with Gasteiger partial charge < -0.3 is 10.2 Å². The van der Waals surface area contributed by atoms with Gasteiger partial charge in [0.15, 0.2) is 0 Å². The van der Waals surface area contributed by atoms with Gasteiger partial charge in [0, 0.05) is 30.5 Å². The van der Waals surface area contributed by atoms with Crippen molar-refractivity contribution in [2.45, 2.75) is 38.8 Å². The molecule has 0 spiro atoms. The molecule has 1 aromatic carbocycles. The van der Waals surface area contributed by atoms with Gasteiger partial charge in [0.05, 0.1) is 5.56 Å². The molecule has 1 aromatic heterocycles. The highest BCUT2D eigenvalue weighted by atomic mass is 19.1. The second kappa shape index (κ2) is 8.16. The zero-order valence-corrected chi connectivity index (χ0v) is 14.4. The minimum atomic E-state index is -0.475. The standard InChI is InChI=1S/C19H23FN4O/c1-14-4-5-18(20)17(9-14)19(25)24(12-15-10-22-13-23-11-15)16-3-2-7-21-8-6-16/h4-5,9-11,13,16,21H,2-3,6-8,12H2,1H3. The molecule has 5 nitrogen and oxygen atoms in total. The van der Waals surface area contributed by atoms with Crippen molar-refractivity contribution in [3.8, 4) is 0 Å². The van der Waals surface area contributed by atoms with Gasteiger partial charge in [-0.1, -0.05) is 11.6 Å². The first kappa shape index (κ1) is 17.5. The predicted octanol–water partition coefficient (Wildman–Crippen LogP) is 2.71. The molecule has 0 saturated carbocycles. The zero-order valence-electron chi connectivity index (χ0n) is 14.4. The summed E-state index contributed by atoms with van der Waals surface area (Å²) in [5.74, 6) is -0.742. The minimum Gasteiger partial charge on any atom is -0.331 e. The Balaban J connectivity index is 1.91. The van der Waals surface area contributed by atoms with Crippen LogP contribution >= 0.6 is 0 Å². The third-order valence-corrected chi connectivity index (χ3v) is 4.57. The van der Waals surface area contributed by atoms with E-state index in [1.807, 2.05) is 6.92 Å². The van der Waals surface area contributed by atoms with E-state index in [1.165, 1.54) is 12.4 Å². The van der Waals surface area contributed by atoms with E-state index >= 15 is 0 Å². The molecule has 1 aliphatic rings. The number of benzene rings is 1. The molecule has 0 aliphatic carbocycles. The average Bonchev–Trinajstić information content (AvgIpc) is 2.91. The van der Waals surface area contributed by atoms with Gasteiger partial charge in [0.1, 0.15) is 12.1 Å². The molecule has 1 atom stereocenters. The number of aromatic nitrogens is 2. The fourth-order valence-electron chi connectivity index (χ4n) is 3.25. The van der Waals surface area contributed by atoms with E-state index < -0.39 is 5.82 Å². The zero-order chi connectivity index (χ0) is 17.6. The summed E-state index contributed by atoms with van der Waals surface area (Å²) in [6, 6.07) is 4.74. The largest absolute Gasteiger partial charge is 0.331 e. The maximum atomic E-state index is 14.3. The highest BCUT2D eigenvalue weighted by molar-refractivity contribution is 5.94. The van der Waals surface area contributed by atoms with Crippen molar-refractivity contribution in [2.75, 3.05) is 13.1 Å². The maximum Gasteiger partial charge on any atom is 0.257 e. The van der Waals surface area contributed by atoms with Crippen molar-refractivity contribution in [3.63, 3.8) is 0 Å². The Hall–Kier alpha value is -2.34. The number of halogens is 1. The molecule has 1 unspecified atom stereocenters. The summed E-state index contributed by atoms with van der Waals surface area (Å²) in [6.45, 7) is 4.06.